The minimum absolute atomic E-state index is 0.110. The maximum Gasteiger partial charge on any atom is 0.195 e. The first-order valence-corrected chi connectivity index (χ1v) is 4.60. The lowest BCUT2D eigenvalue weighted by Crippen LogP contribution is -2.02. The van der Waals surface area contributed by atoms with E-state index in [4.69, 9.17) is 0 Å². The molecule has 3 nitrogen and oxygen atoms in total. The van der Waals surface area contributed by atoms with Gasteiger partial charge in [0, 0.05) is 12.4 Å². The molecule has 15 heavy (non-hydrogen) atoms. The van der Waals surface area contributed by atoms with Crippen molar-refractivity contribution in [2.45, 2.75) is 0 Å². The van der Waals surface area contributed by atoms with Gasteiger partial charge in [-0.15, -0.1) is 0 Å². The van der Waals surface area contributed by atoms with Crippen LogP contribution < -0.4 is 0 Å². The van der Waals surface area contributed by atoms with Crippen LogP contribution in [0.5, 0.6) is 0 Å². The molecule has 0 aromatic carbocycles. The van der Waals surface area contributed by atoms with Crippen molar-refractivity contribution < 1.29 is 4.79 Å². The topological polar surface area (TPSA) is 41.8 Å². The molecule has 3 heteroatoms. The molecule has 0 saturated carbocycles. The minimum Gasteiger partial charge on any atom is -0.291 e. The molecule has 1 heterocycles. The van der Waals surface area contributed by atoms with Crippen molar-refractivity contribution in [3.63, 3.8) is 0 Å². The summed E-state index contributed by atoms with van der Waals surface area (Å²) in [4.78, 5) is 18.8. The van der Waals surface area contributed by atoms with Crippen LogP contribution in [0, 0.1) is 0 Å². The summed E-state index contributed by atoms with van der Waals surface area (Å²) >= 11 is 0. The van der Waals surface area contributed by atoms with Crippen LogP contribution in [0.15, 0.2) is 58.7 Å². The first-order chi connectivity index (χ1) is 7.39. The maximum absolute atomic E-state index is 11.1. The van der Waals surface area contributed by atoms with Crippen molar-refractivity contribution in [2.24, 2.45) is 9.98 Å². The summed E-state index contributed by atoms with van der Waals surface area (Å²) in [7, 11) is 0. The van der Waals surface area contributed by atoms with Gasteiger partial charge in [-0.3, -0.25) is 14.8 Å². The lowest BCUT2D eigenvalue weighted by atomic mass is 10.4. The van der Waals surface area contributed by atoms with E-state index >= 15 is 0 Å². The average molecular weight is 200 g/mol. The standard InChI is InChI=1S/C12H12N2O/c15-12-10-13-8-6-4-2-1-3-5-7-9-14-11-12/h1-10H,11H2. The molecule has 1 aliphatic rings. The molecule has 0 aliphatic carbocycles. The average Bonchev–Trinajstić information content (AvgIpc) is 2.24. The number of allylic oxidation sites excluding steroid dienone is 7. The highest BCUT2D eigenvalue weighted by Crippen LogP contribution is 1.84. The molecule has 1 rings (SSSR count). The van der Waals surface area contributed by atoms with Gasteiger partial charge in [0.05, 0.1) is 6.21 Å². The summed E-state index contributed by atoms with van der Waals surface area (Å²) in [6.45, 7) is 0.140. The molecule has 1 aliphatic heterocycles. The van der Waals surface area contributed by atoms with Gasteiger partial charge < -0.3 is 0 Å². The molecule has 0 amide bonds. The van der Waals surface area contributed by atoms with Gasteiger partial charge in [-0.25, -0.2) is 0 Å². The first kappa shape index (κ1) is 11.0. The second-order valence-electron chi connectivity index (χ2n) is 2.73. The number of aliphatic imine (C=N–C) groups is 2. The number of hydrogen-bond acceptors (Lipinski definition) is 3. The molecule has 0 bridgehead atoms. The van der Waals surface area contributed by atoms with Crippen molar-refractivity contribution in [3.8, 4) is 0 Å². The van der Waals surface area contributed by atoms with E-state index in [1.807, 2.05) is 30.4 Å². The Morgan fingerprint density at radius 2 is 1.60 bits per heavy atom. The third-order valence-electron chi connectivity index (χ3n) is 1.50. The van der Waals surface area contributed by atoms with Crippen LogP contribution in [-0.4, -0.2) is 24.8 Å². The predicted molar refractivity (Wildman–Crippen MR) is 63.4 cm³/mol. The first-order valence-electron chi connectivity index (χ1n) is 4.60. The van der Waals surface area contributed by atoms with Gasteiger partial charge in [0.15, 0.2) is 5.78 Å². The highest BCUT2D eigenvalue weighted by molar-refractivity contribution is 6.28. The lowest BCUT2D eigenvalue weighted by Gasteiger charge is -1.85. The van der Waals surface area contributed by atoms with E-state index < -0.39 is 0 Å². The molecule has 0 fully saturated rings. The van der Waals surface area contributed by atoms with Gasteiger partial charge >= 0.3 is 0 Å². The molecule has 0 unspecified atom stereocenters. The number of Topliss-reactive ketones (excluding diaryl/α,β-unsaturated/α-hetero) is 1. The fraction of sp³-hybridized carbons (Fsp3) is 0.0833. The maximum atomic E-state index is 11.1. The zero-order chi connectivity index (χ0) is 10.8. The van der Waals surface area contributed by atoms with Crippen LogP contribution in [0.2, 0.25) is 0 Å². The van der Waals surface area contributed by atoms with Gasteiger partial charge in [0.1, 0.15) is 6.54 Å². The molecule has 0 saturated heterocycles. The molecule has 0 spiro atoms. The molecule has 0 radical (unpaired) electrons. The zero-order valence-corrected chi connectivity index (χ0v) is 8.28. The Bertz CT molecular complexity index is 371. The Morgan fingerprint density at radius 1 is 0.933 bits per heavy atom. The molecule has 76 valence electrons. The quantitative estimate of drug-likeness (QED) is 0.588. The largest absolute Gasteiger partial charge is 0.291 e. The summed E-state index contributed by atoms with van der Waals surface area (Å²) in [5.74, 6) is -0.110. The number of ketones is 1. The Hall–Kier alpha value is -2.03. The Kier molecular flexibility index (Phi) is 5.44. The monoisotopic (exact) mass is 200 g/mol. The van der Waals surface area contributed by atoms with Gasteiger partial charge in [-0.1, -0.05) is 30.4 Å². The number of carbonyl (C=O) groups excluding carboxylic acids is 1. The second-order valence-corrected chi connectivity index (χ2v) is 2.73. The summed E-state index contributed by atoms with van der Waals surface area (Å²) in [5, 5.41) is 0. The van der Waals surface area contributed by atoms with Crippen molar-refractivity contribution in [2.75, 3.05) is 6.54 Å². The summed E-state index contributed by atoms with van der Waals surface area (Å²) in [5.41, 5.74) is 0. The number of nitrogens with zero attached hydrogens (tertiary/aromatic N) is 2. The van der Waals surface area contributed by atoms with Crippen LogP contribution in [0.25, 0.3) is 0 Å². The van der Waals surface area contributed by atoms with Crippen molar-refractivity contribution in [3.05, 3.63) is 48.7 Å². The second kappa shape index (κ2) is 7.38. The molecule has 0 aromatic heterocycles. The third-order valence-corrected chi connectivity index (χ3v) is 1.50. The van der Waals surface area contributed by atoms with E-state index in [1.54, 1.807) is 24.6 Å². The Labute approximate surface area is 88.9 Å². The minimum atomic E-state index is -0.110. The van der Waals surface area contributed by atoms with Crippen LogP contribution in [0.1, 0.15) is 0 Å². The van der Waals surface area contributed by atoms with Gasteiger partial charge in [-0.2, -0.15) is 0 Å². The third kappa shape index (κ3) is 6.10. The van der Waals surface area contributed by atoms with Gasteiger partial charge in [0.2, 0.25) is 0 Å². The van der Waals surface area contributed by atoms with Gasteiger partial charge in [-0.05, 0) is 12.2 Å². The van der Waals surface area contributed by atoms with Gasteiger partial charge in [0.25, 0.3) is 0 Å². The number of carbonyl (C=O) groups is 1. The summed E-state index contributed by atoms with van der Waals surface area (Å²) < 4.78 is 0. The van der Waals surface area contributed by atoms with Crippen molar-refractivity contribution in [1.82, 2.24) is 0 Å². The Balaban J connectivity index is 2.69. The van der Waals surface area contributed by atoms with Crippen LogP contribution in [0.4, 0.5) is 0 Å². The Morgan fingerprint density at radius 3 is 2.40 bits per heavy atom. The molecule has 0 aromatic rings. The van der Waals surface area contributed by atoms with E-state index in [0.717, 1.165) is 0 Å². The normalized spacial score (nSPS) is 16.9. The zero-order valence-electron chi connectivity index (χ0n) is 8.28. The fourth-order valence-electron chi connectivity index (χ4n) is 0.840. The van der Waals surface area contributed by atoms with Crippen molar-refractivity contribution in [1.29, 1.82) is 0 Å². The molecular weight excluding hydrogens is 188 g/mol. The summed E-state index contributed by atoms with van der Waals surface area (Å²) in [6.07, 6.45) is 17.3. The molecule has 0 atom stereocenters. The highest BCUT2D eigenvalue weighted by Gasteiger charge is 1.91. The predicted octanol–water partition coefficient (Wildman–Crippen LogP) is 1.89. The molecule has 0 N–H and O–H groups in total. The summed E-state index contributed by atoms with van der Waals surface area (Å²) in [6, 6.07) is 0. The van der Waals surface area contributed by atoms with Crippen LogP contribution >= 0.6 is 0 Å². The van der Waals surface area contributed by atoms with E-state index in [0.29, 0.717) is 0 Å². The smallest absolute Gasteiger partial charge is 0.195 e. The van der Waals surface area contributed by atoms with Crippen molar-refractivity contribution >= 4 is 18.2 Å². The van der Waals surface area contributed by atoms with E-state index in [1.165, 1.54) is 6.21 Å². The molecular formula is C12H12N2O. The number of rotatable bonds is 0. The lowest BCUT2D eigenvalue weighted by molar-refractivity contribution is -0.111. The fourth-order valence-corrected chi connectivity index (χ4v) is 0.840. The van der Waals surface area contributed by atoms with E-state index in [9.17, 15) is 4.79 Å². The van der Waals surface area contributed by atoms with E-state index in [2.05, 4.69) is 9.98 Å². The highest BCUT2D eigenvalue weighted by atomic mass is 16.1. The SMILES string of the molecule is O=C1C=NC=CC=CC=CC=CC=NC1. The van der Waals surface area contributed by atoms with E-state index in [-0.39, 0.29) is 12.3 Å². The van der Waals surface area contributed by atoms with Crippen LogP contribution in [-0.2, 0) is 4.79 Å². The number of hydrogen-bond donors (Lipinski definition) is 0. The van der Waals surface area contributed by atoms with Crippen LogP contribution in [0.3, 0.4) is 0 Å².